The first-order chi connectivity index (χ1) is 17.0. The van der Waals surface area contributed by atoms with Crippen molar-refractivity contribution >= 4 is 23.8 Å². The summed E-state index contributed by atoms with van der Waals surface area (Å²) in [6, 6.07) is 0. The molecule has 1 aromatic rings. The number of rotatable bonds is 9. The lowest BCUT2D eigenvalue weighted by Gasteiger charge is -2.25. The van der Waals surface area contributed by atoms with Crippen molar-refractivity contribution in [3.8, 4) is 0 Å². The van der Waals surface area contributed by atoms with Gasteiger partial charge in [-0.05, 0) is 6.20 Å². The number of hydrogen-bond acceptors (Lipinski definition) is 11. The Morgan fingerprint density at radius 2 is 1.75 bits per heavy atom. The molecule has 0 bridgehead atoms. The zero-order valence-corrected chi connectivity index (χ0v) is 20.8. The number of primary amides is 1. The van der Waals surface area contributed by atoms with E-state index in [1.165, 1.54) is 6.33 Å². The molecule has 13 nitrogen and oxygen atoms in total. The highest BCUT2D eigenvalue weighted by molar-refractivity contribution is 5.89. The van der Waals surface area contributed by atoms with E-state index in [1.54, 1.807) is 45.8 Å². The van der Waals surface area contributed by atoms with Crippen LogP contribution in [0.3, 0.4) is 0 Å². The molecule has 1 saturated heterocycles. The van der Waals surface area contributed by atoms with Gasteiger partial charge in [-0.3, -0.25) is 14.4 Å². The number of aromatic nitrogens is 3. The van der Waals surface area contributed by atoms with Crippen molar-refractivity contribution in [1.82, 2.24) is 19.7 Å². The van der Waals surface area contributed by atoms with Gasteiger partial charge in [-0.1, -0.05) is 33.8 Å². The molecule has 2 N–H and O–H groups in total. The third kappa shape index (κ3) is 6.27. The topological polar surface area (TPSA) is 165 Å². The molecule has 36 heavy (non-hydrogen) atoms. The van der Waals surface area contributed by atoms with Gasteiger partial charge in [0.2, 0.25) is 5.82 Å². The fraction of sp³-hybridized carbons (Fsp3) is 0.565. The summed E-state index contributed by atoms with van der Waals surface area (Å²) in [6.45, 7) is 6.28. The highest BCUT2D eigenvalue weighted by atomic mass is 16.7. The Morgan fingerprint density at radius 3 is 2.31 bits per heavy atom. The molecular formula is C23H31N5O8. The summed E-state index contributed by atoms with van der Waals surface area (Å²) in [4.78, 5) is 54.7. The molecule has 196 valence electrons. The Morgan fingerprint density at radius 1 is 1.11 bits per heavy atom. The van der Waals surface area contributed by atoms with Crippen LogP contribution in [0.5, 0.6) is 0 Å². The lowest BCUT2D eigenvalue weighted by molar-refractivity contribution is -0.173. The minimum absolute atomic E-state index is 0.278. The molecule has 13 heteroatoms. The van der Waals surface area contributed by atoms with E-state index in [0.29, 0.717) is 12.0 Å². The van der Waals surface area contributed by atoms with E-state index >= 15 is 0 Å². The van der Waals surface area contributed by atoms with E-state index in [1.807, 2.05) is 12.3 Å². The highest BCUT2D eigenvalue weighted by Crippen LogP contribution is 2.35. The summed E-state index contributed by atoms with van der Waals surface area (Å²) in [5, 5.41) is 4.00. The Hall–Kier alpha value is -3.74. The number of nitrogens with zero attached hydrogens (tertiary/aromatic N) is 4. The monoisotopic (exact) mass is 505 g/mol. The summed E-state index contributed by atoms with van der Waals surface area (Å²) in [5.41, 5.74) is 5.68. The average molecular weight is 506 g/mol. The molecule has 2 aliphatic heterocycles. The summed E-state index contributed by atoms with van der Waals surface area (Å²) in [7, 11) is 1.78. The molecule has 2 aliphatic rings. The first-order valence-electron chi connectivity index (χ1n) is 11.5. The average Bonchev–Trinajstić information content (AvgIpc) is 3.43. The Bertz CT molecular complexity index is 1060. The fourth-order valence-corrected chi connectivity index (χ4v) is 3.45. The van der Waals surface area contributed by atoms with Crippen LogP contribution in [0.25, 0.3) is 0 Å². The summed E-state index contributed by atoms with van der Waals surface area (Å²) in [5.74, 6) is -3.84. The predicted molar refractivity (Wildman–Crippen MR) is 122 cm³/mol. The number of hydrogen-bond donors (Lipinski definition) is 1. The maximum atomic E-state index is 12.6. The van der Waals surface area contributed by atoms with E-state index in [2.05, 4.69) is 10.1 Å². The van der Waals surface area contributed by atoms with Crippen molar-refractivity contribution in [2.45, 2.75) is 58.7 Å². The van der Waals surface area contributed by atoms with Crippen molar-refractivity contribution in [2.24, 2.45) is 17.6 Å². The molecule has 0 radical (unpaired) electrons. The molecule has 0 saturated carbocycles. The minimum Gasteiger partial charge on any atom is -0.459 e. The van der Waals surface area contributed by atoms with Gasteiger partial charge in [0, 0.05) is 19.7 Å². The second-order valence-electron chi connectivity index (χ2n) is 9.10. The van der Waals surface area contributed by atoms with E-state index in [0.717, 1.165) is 4.68 Å². The van der Waals surface area contributed by atoms with Crippen molar-refractivity contribution in [3.63, 3.8) is 0 Å². The third-order valence-corrected chi connectivity index (χ3v) is 5.40. The molecule has 4 atom stereocenters. The van der Waals surface area contributed by atoms with Crippen LogP contribution in [0.4, 0.5) is 0 Å². The summed E-state index contributed by atoms with van der Waals surface area (Å²) < 4.78 is 24.0. The van der Waals surface area contributed by atoms with Crippen LogP contribution in [-0.4, -0.2) is 75.4 Å². The van der Waals surface area contributed by atoms with Crippen molar-refractivity contribution in [1.29, 1.82) is 0 Å². The first-order valence-corrected chi connectivity index (χ1v) is 11.5. The van der Waals surface area contributed by atoms with Crippen LogP contribution in [0, 0.1) is 11.8 Å². The third-order valence-electron chi connectivity index (χ3n) is 5.40. The Labute approximate surface area is 208 Å². The predicted octanol–water partition coefficient (Wildman–Crippen LogP) is 0.686. The highest BCUT2D eigenvalue weighted by Gasteiger charge is 2.52. The van der Waals surface area contributed by atoms with Crippen LogP contribution in [0.1, 0.15) is 51.0 Å². The van der Waals surface area contributed by atoms with Gasteiger partial charge < -0.3 is 29.6 Å². The molecule has 1 fully saturated rings. The number of allylic oxidation sites excluding steroid dienone is 1. The van der Waals surface area contributed by atoms with Gasteiger partial charge >= 0.3 is 17.9 Å². The van der Waals surface area contributed by atoms with Crippen LogP contribution in [-0.2, 0) is 33.3 Å². The SMILES string of the molecule is CC(C)C(=O)O[C@@H]1[C@H](OC(=O)C(C)C)[C@@H](COC(=O)C2=CN(C)C=CC2)O[C@H]1n1cnc(C(N)=O)n1. The van der Waals surface area contributed by atoms with Gasteiger partial charge in [0.05, 0.1) is 17.4 Å². The van der Waals surface area contributed by atoms with Crippen LogP contribution < -0.4 is 5.73 Å². The first kappa shape index (κ1) is 26.9. The number of carbonyl (C=O) groups excluding carboxylic acids is 4. The number of esters is 3. The van der Waals surface area contributed by atoms with Gasteiger partial charge in [0.25, 0.3) is 5.91 Å². The van der Waals surface area contributed by atoms with E-state index in [4.69, 9.17) is 24.7 Å². The largest absolute Gasteiger partial charge is 0.459 e. The van der Waals surface area contributed by atoms with Crippen LogP contribution in [0.15, 0.2) is 30.4 Å². The smallest absolute Gasteiger partial charge is 0.335 e. The number of carbonyl (C=O) groups is 4. The van der Waals surface area contributed by atoms with Crippen molar-refractivity contribution in [3.05, 3.63) is 36.2 Å². The molecule has 3 rings (SSSR count). The zero-order chi connectivity index (χ0) is 26.6. The molecule has 0 spiro atoms. The maximum absolute atomic E-state index is 12.6. The number of nitrogens with two attached hydrogens (primary N) is 1. The standard InChI is InChI=1S/C23H31N5O8/c1-12(2)21(30)35-16-15(10-33-23(32)14-7-6-8-27(5)9-14)34-20(17(16)36-22(31)13(3)4)28-11-25-19(26-28)18(24)29/h6,8-9,11-13,15-17,20H,7,10H2,1-5H3,(H2,24,29)/t15-,16-,17-,20-/m1/s1. The molecule has 0 aromatic carbocycles. The molecular weight excluding hydrogens is 474 g/mol. The Kier molecular flexibility index (Phi) is 8.45. The Balaban J connectivity index is 1.88. The van der Waals surface area contributed by atoms with Crippen molar-refractivity contribution < 1.29 is 38.1 Å². The summed E-state index contributed by atoms with van der Waals surface area (Å²) >= 11 is 0. The lowest BCUT2D eigenvalue weighted by Crippen LogP contribution is -2.42. The fourth-order valence-electron chi connectivity index (χ4n) is 3.45. The van der Waals surface area contributed by atoms with Crippen LogP contribution in [0.2, 0.25) is 0 Å². The molecule has 0 aliphatic carbocycles. The number of ether oxygens (including phenoxy) is 4. The van der Waals surface area contributed by atoms with Gasteiger partial charge in [0.15, 0.2) is 18.4 Å². The zero-order valence-electron chi connectivity index (χ0n) is 20.8. The van der Waals surface area contributed by atoms with Crippen molar-refractivity contribution in [2.75, 3.05) is 13.7 Å². The minimum atomic E-state index is -1.17. The van der Waals surface area contributed by atoms with Gasteiger partial charge in [-0.15, -0.1) is 5.10 Å². The van der Waals surface area contributed by atoms with Gasteiger partial charge in [0.1, 0.15) is 19.0 Å². The quantitative estimate of drug-likeness (QED) is 0.370. The molecule has 1 aromatic heterocycles. The maximum Gasteiger partial charge on any atom is 0.335 e. The molecule has 1 amide bonds. The van der Waals surface area contributed by atoms with E-state index < -0.39 is 60.2 Å². The second-order valence-corrected chi connectivity index (χ2v) is 9.10. The molecule has 3 heterocycles. The summed E-state index contributed by atoms with van der Waals surface area (Å²) in [6.07, 6.45) is 2.41. The second kappa shape index (κ2) is 11.3. The molecule has 0 unspecified atom stereocenters. The lowest BCUT2D eigenvalue weighted by atomic mass is 10.1. The normalized spacial score (nSPS) is 23.5. The van der Waals surface area contributed by atoms with Gasteiger partial charge in [-0.2, -0.15) is 0 Å². The van der Waals surface area contributed by atoms with Gasteiger partial charge in [-0.25, -0.2) is 14.5 Å². The van der Waals surface area contributed by atoms with E-state index in [-0.39, 0.29) is 12.4 Å². The van der Waals surface area contributed by atoms with E-state index in [9.17, 15) is 19.2 Å². The van der Waals surface area contributed by atoms with Crippen LogP contribution >= 0.6 is 0 Å². The number of amides is 1.